The van der Waals surface area contributed by atoms with Gasteiger partial charge in [-0.05, 0) is 48.9 Å². The second-order valence-corrected chi connectivity index (χ2v) is 7.16. The standard InChI is InChI=1S/C25H26N2O3/c1-3-30-18-14-12-17(13-15-18)21-16-22(19-8-4-6-10-23(19)28)27-25(26-21)20-9-5-7-11-24(20)29-2/h4-15,22,25,27-28H,3,16H2,1-2H3/t22-,25-/m0/s1. The molecule has 0 aromatic heterocycles. The molecule has 0 bridgehead atoms. The van der Waals surface area contributed by atoms with E-state index in [1.54, 1.807) is 13.2 Å². The molecular weight excluding hydrogens is 376 g/mol. The number of methoxy groups -OCH3 is 1. The number of aromatic hydroxyl groups is 1. The van der Waals surface area contributed by atoms with E-state index in [0.29, 0.717) is 13.0 Å². The van der Waals surface area contributed by atoms with Crippen molar-refractivity contribution in [2.45, 2.75) is 25.6 Å². The molecule has 0 saturated carbocycles. The molecule has 5 heteroatoms. The highest BCUT2D eigenvalue weighted by Gasteiger charge is 2.28. The van der Waals surface area contributed by atoms with E-state index in [1.807, 2.05) is 73.7 Å². The zero-order valence-electron chi connectivity index (χ0n) is 17.2. The summed E-state index contributed by atoms with van der Waals surface area (Å²) < 4.78 is 11.1. The van der Waals surface area contributed by atoms with Gasteiger partial charge in [0.15, 0.2) is 0 Å². The van der Waals surface area contributed by atoms with Crippen molar-refractivity contribution in [3.63, 3.8) is 0 Å². The van der Waals surface area contributed by atoms with Gasteiger partial charge >= 0.3 is 0 Å². The molecule has 3 aromatic carbocycles. The highest BCUT2D eigenvalue weighted by Crippen LogP contribution is 2.36. The number of phenolic OH excluding ortho intramolecular Hbond substituents is 1. The Kier molecular flexibility index (Phi) is 6.00. The van der Waals surface area contributed by atoms with Gasteiger partial charge in [-0.1, -0.05) is 36.4 Å². The molecule has 0 spiro atoms. The van der Waals surface area contributed by atoms with Gasteiger partial charge in [0, 0.05) is 29.3 Å². The van der Waals surface area contributed by atoms with Crippen LogP contribution in [0.3, 0.4) is 0 Å². The number of nitrogens with zero attached hydrogens (tertiary/aromatic N) is 1. The molecule has 2 N–H and O–H groups in total. The number of para-hydroxylation sites is 2. The summed E-state index contributed by atoms with van der Waals surface area (Å²) in [6.45, 7) is 2.61. The molecule has 0 radical (unpaired) electrons. The summed E-state index contributed by atoms with van der Waals surface area (Å²) in [5.41, 5.74) is 3.83. The SMILES string of the molecule is CCOc1ccc(C2=N[C@H](c3ccccc3OC)N[C@H](c3ccccc3O)C2)cc1. The first-order valence-corrected chi connectivity index (χ1v) is 10.2. The van der Waals surface area contributed by atoms with Gasteiger partial charge in [0.1, 0.15) is 23.4 Å². The van der Waals surface area contributed by atoms with Crippen LogP contribution in [0.25, 0.3) is 0 Å². The van der Waals surface area contributed by atoms with Crippen molar-refractivity contribution < 1.29 is 14.6 Å². The largest absolute Gasteiger partial charge is 0.508 e. The second kappa shape index (κ2) is 9.01. The maximum Gasteiger partial charge on any atom is 0.129 e. The quantitative estimate of drug-likeness (QED) is 0.608. The van der Waals surface area contributed by atoms with Gasteiger partial charge in [0.25, 0.3) is 0 Å². The van der Waals surface area contributed by atoms with Gasteiger partial charge in [-0.25, -0.2) is 0 Å². The summed E-state index contributed by atoms with van der Waals surface area (Å²) in [6, 6.07) is 23.3. The average molecular weight is 402 g/mol. The summed E-state index contributed by atoms with van der Waals surface area (Å²) in [5, 5.41) is 14.0. The highest BCUT2D eigenvalue weighted by molar-refractivity contribution is 6.01. The molecule has 30 heavy (non-hydrogen) atoms. The van der Waals surface area contributed by atoms with E-state index in [9.17, 15) is 5.11 Å². The van der Waals surface area contributed by atoms with Crippen LogP contribution in [0.1, 0.15) is 42.2 Å². The van der Waals surface area contributed by atoms with Gasteiger partial charge < -0.3 is 14.6 Å². The van der Waals surface area contributed by atoms with Crippen LogP contribution >= 0.6 is 0 Å². The first kappa shape index (κ1) is 20.0. The monoisotopic (exact) mass is 402 g/mol. The zero-order valence-corrected chi connectivity index (χ0v) is 17.2. The number of rotatable bonds is 6. The molecule has 1 aliphatic heterocycles. The maximum atomic E-state index is 10.5. The number of nitrogens with one attached hydrogen (secondary N) is 1. The Labute approximate surface area is 177 Å². The summed E-state index contributed by atoms with van der Waals surface area (Å²) >= 11 is 0. The van der Waals surface area contributed by atoms with Crippen LogP contribution in [0.4, 0.5) is 0 Å². The van der Waals surface area contributed by atoms with Gasteiger partial charge in [0.2, 0.25) is 0 Å². The lowest BCUT2D eigenvalue weighted by molar-refractivity contribution is 0.340. The van der Waals surface area contributed by atoms with Crippen LogP contribution in [0.5, 0.6) is 17.2 Å². The van der Waals surface area contributed by atoms with Crippen molar-refractivity contribution >= 4 is 5.71 Å². The summed E-state index contributed by atoms with van der Waals surface area (Å²) in [5.74, 6) is 1.90. The van der Waals surface area contributed by atoms with Crippen molar-refractivity contribution in [1.82, 2.24) is 5.32 Å². The minimum absolute atomic E-state index is 0.0832. The maximum absolute atomic E-state index is 10.5. The van der Waals surface area contributed by atoms with Crippen molar-refractivity contribution in [2.75, 3.05) is 13.7 Å². The van der Waals surface area contributed by atoms with E-state index < -0.39 is 0 Å². The fourth-order valence-electron chi connectivity index (χ4n) is 3.82. The van der Waals surface area contributed by atoms with E-state index in [-0.39, 0.29) is 18.0 Å². The van der Waals surface area contributed by atoms with Crippen LogP contribution in [0.2, 0.25) is 0 Å². The summed E-state index contributed by atoms with van der Waals surface area (Å²) in [4.78, 5) is 5.02. The van der Waals surface area contributed by atoms with Gasteiger partial charge in [-0.3, -0.25) is 10.3 Å². The van der Waals surface area contributed by atoms with Crippen molar-refractivity contribution in [3.05, 3.63) is 89.5 Å². The van der Waals surface area contributed by atoms with Crippen molar-refractivity contribution in [1.29, 1.82) is 0 Å². The fourth-order valence-corrected chi connectivity index (χ4v) is 3.82. The van der Waals surface area contributed by atoms with E-state index in [2.05, 4.69) is 5.32 Å². The molecule has 5 nitrogen and oxygen atoms in total. The molecule has 0 fully saturated rings. The third kappa shape index (κ3) is 4.16. The predicted octanol–water partition coefficient (Wildman–Crippen LogP) is 5.02. The highest BCUT2D eigenvalue weighted by atomic mass is 16.5. The van der Waals surface area contributed by atoms with Crippen molar-refractivity contribution in [2.24, 2.45) is 4.99 Å². The lowest BCUT2D eigenvalue weighted by Crippen LogP contribution is -2.33. The Morgan fingerprint density at radius 2 is 1.67 bits per heavy atom. The zero-order chi connectivity index (χ0) is 20.9. The molecule has 4 rings (SSSR count). The number of aliphatic imine (C=N–C) groups is 1. The minimum atomic E-state index is -0.291. The summed E-state index contributed by atoms with van der Waals surface area (Å²) in [6.07, 6.45) is 0.373. The number of benzene rings is 3. The third-order valence-electron chi connectivity index (χ3n) is 5.29. The smallest absolute Gasteiger partial charge is 0.129 e. The average Bonchev–Trinajstić information content (AvgIpc) is 2.80. The molecule has 1 heterocycles. The first-order valence-electron chi connectivity index (χ1n) is 10.2. The van der Waals surface area contributed by atoms with Crippen LogP contribution < -0.4 is 14.8 Å². The Bertz CT molecular complexity index is 1030. The van der Waals surface area contributed by atoms with Gasteiger partial charge in [0.05, 0.1) is 13.7 Å². The van der Waals surface area contributed by atoms with Crippen LogP contribution in [0.15, 0.2) is 77.8 Å². The normalized spacial score (nSPS) is 18.5. The molecule has 0 aliphatic carbocycles. The van der Waals surface area contributed by atoms with Gasteiger partial charge in [-0.15, -0.1) is 0 Å². The fraction of sp³-hybridized carbons (Fsp3) is 0.240. The van der Waals surface area contributed by atoms with Crippen LogP contribution in [0, 0.1) is 0 Å². The second-order valence-electron chi connectivity index (χ2n) is 7.16. The van der Waals surface area contributed by atoms with Crippen molar-refractivity contribution in [3.8, 4) is 17.2 Å². The van der Waals surface area contributed by atoms with E-state index in [4.69, 9.17) is 14.5 Å². The Morgan fingerprint density at radius 3 is 2.37 bits per heavy atom. The Morgan fingerprint density at radius 1 is 0.967 bits per heavy atom. The first-order chi connectivity index (χ1) is 14.7. The molecule has 154 valence electrons. The lowest BCUT2D eigenvalue weighted by atomic mass is 9.93. The number of ether oxygens (including phenoxy) is 2. The molecule has 2 atom stereocenters. The number of phenols is 1. The van der Waals surface area contributed by atoms with E-state index in [1.165, 1.54) is 0 Å². The Hall–Kier alpha value is -3.31. The number of hydrogen-bond donors (Lipinski definition) is 2. The number of hydrogen-bond acceptors (Lipinski definition) is 5. The lowest BCUT2D eigenvalue weighted by Gasteiger charge is -2.31. The molecule has 0 amide bonds. The van der Waals surface area contributed by atoms with E-state index >= 15 is 0 Å². The van der Waals surface area contributed by atoms with Crippen LogP contribution in [-0.2, 0) is 0 Å². The Balaban J connectivity index is 1.74. The van der Waals surface area contributed by atoms with E-state index in [0.717, 1.165) is 33.9 Å². The topological polar surface area (TPSA) is 63.1 Å². The third-order valence-corrected chi connectivity index (χ3v) is 5.29. The molecule has 1 aliphatic rings. The van der Waals surface area contributed by atoms with Gasteiger partial charge in [-0.2, -0.15) is 0 Å². The molecule has 0 saturated heterocycles. The molecule has 3 aromatic rings. The summed E-state index contributed by atoms with van der Waals surface area (Å²) in [7, 11) is 1.67. The predicted molar refractivity (Wildman–Crippen MR) is 118 cm³/mol. The van der Waals surface area contributed by atoms with Crippen LogP contribution in [-0.4, -0.2) is 24.5 Å². The molecule has 0 unspecified atom stereocenters. The minimum Gasteiger partial charge on any atom is -0.508 e. The molecular formula is C25H26N2O3.